The lowest BCUT2D eigenvalue weighted by Crippen LogP contribution is -1.91. The van der Waals surface area contributed by atoms with E-state index in [1.807, 2.05) is 24.3 Å². The summed E-state index contributed by atoms with van der Waals surface area (Å²) in [6, 6.07) is 12.1. The molecule has 0 aliphatic carbocycles. The molecule has 3 heteroatoms. The molecule has 106 valence electrons. The van der Waals surface area contributed by atoms with Gasteiger partial charge in [0.2, 0.25) is 0 Å². The minimum Gasteiger partial charge on any atom is -0.457 e. The van der Waals surface area contributed by atoms with Gasteiger partial charge in [0, 0.05) is 6.07 Å². The Balaban J connectivity index is 2.07. The second kappa shape index (κ2) is 7.06. The van der Waals surface area contributed by atoms with E-state index < -0.39 is 5.82 Å². The SMILES string of the molecule is CCCCc1ccc(Oc2cc(F)cc(CO)c2)cc1. The standard InChI is InChI=1S/C17H19FO2/c1-2-3-4-13-5-7-16(8-6-13)20-17-10-14(12-19)9-15(18)11-17/h5-11,19H,2-4,12H2,1H3. The van der Waals surface area contributed by atoms with Crippen LogP contribution < -0.4 is 4.74 Å². The van der Waals surface area contributed by atoms with Gasteiger partial charge in [0.05, 0.1) is 6.61 Å². The van der Waals surface area contributed by atoms with Gasteiger partial charge >= 0.3 is 0 Å². The monoisotopic (exact) mass is 274 g/mol. The summed E-state index contributed by atoms with van der Waals surface area (Å²) in [7, 11) is 0. The molecule has 0 heterocycles. The Kier molecular flexibility index (Phi) is 5.13. The molecule has 2 rings (SSSR count). The zero-order valence-corrected chi connectivity index (χ0v) is 11.6. The van der Waals surface area contributed by atoms with Gasteiger partial charge in [0.1, 0.15) is 17.3 Å². The van der Waals surface area contributed by atoms with Crippen LogP contribution in [0.4, 0.5) is 4.39 Å². The van der Waals surface area contributed by atoms with E-state index in [9.17, 15) is 4.39 Å². The zero-order valence-electron chi connectivity index (χ0n) is 11.6. The molecule has 0 unspecified atom stereocenters. The van der Waals surface area contributed by atoms with Crippen molar-refractivity contribution < 1.29 is 14.2 Å². The van der Waals surface area contributed by atoms with Crippen molar-refractivity contribution >= 4 is 0 Å². The molecule has 0 saturated carbocycles. The third-order valence-electron chi connectivity index (χ3n) is 3.09. The van der Waals surface area contributed by atoms with Crippen molar-refractivity contribution in [2.75, 3.05) is 0 Å². The van der Waals surface area contributed by atoms with Crippen LogP contribution >= 0.6 is 0 Å². The summed E-state index contributed by atoms with van der Waals surface area (Å²) >= 11 is 0. The molecule has 2 aromatic carbocycles. The Morgan fingerprint density at radius 3 is 2.40 bits per heavy atom. The molecule has 0 radical (unpaired) electrons. The second-order valence-corrected chi connectivity index (χ2v) is 4.80. The van der Waals surface area contributed by atoms with Crippen molar-refractivity contribution in [2.24, 2.45) is 0 Å². The Labute approximate surface area is 118 Å². The summed E-state index contributed by atoms with van der Waals surface area (Å²) in [6.07, 6.45) is 3.40. The first kappa shape index (κ1) is 14.5. The molecular formula is C17H19FO2. The molecule has 0 bridgehead atoms. The number of hydrogen-bond acceptors (Lipinski definition) is 2. The number of aliphatic hydroxyl groups excluding tert-OH is 1. The number of aliphatic hydroxyl groups is 1. The molecule has 0 fully saturated rings. The van der Waals surface area contributed by atoms with Crippen molar-refractivity contribution in [3.63, 3.8) is 0 Å². The highest BCUT2D eigenvalue weighted by atomic mass is 19.1. The summed E-state index contributed by atoms with van der Waals surface area (Å²) in [6.45, 7) is 1.96. The summed E-state index contributed by atoms with van der Waals surface area (Å²) < 4.78 is 18.9. The van der Waals surface area contributed by atoms with Gasteiger partial charge in [-0.2, -0.15) is 0 Å². The molecule has 0 aliphatic rings. The van der Waals surface area contributed by atoms with E-state index in [4.69, 9.17) is 9.84 Å². The minimum atomic E-state index is -0.411. The number of aryl methyl sites for hydroxylation is 1. The molecule has 2 nitrogen and oxygen atoms in total. The first-order valence-corrected chi connectivity index (χ1v) is 6.88. The van der Waals surface area contributed by atoms with E-state index >= 15 is 0 Å². The van der Waals surface area contributed by atoms with Crippen LogP contribution in [0.3, 0.4) is 0 Å². The van der Waals surface area contributed by atoms with Crippen LogP contribution in [0, 0.1) is 5.82 Å². The third-order valence-corrected chi connectivity index (χ3v) is 3.09. The molecule has 2 aromatic rings. The van der Waals surface area contributed by atoms with Crippen LogP contribution in [-0.2, 0) is 13.0 Å². The van der Waals surface area contributed by atoms with E-state index in [2.05, 4.69) is 6.92 Å². The molecule has 0 aliphatic heterocycles. The highest BCUT2D eigenvalue weighted by molar-refractivity contribution is 5.35. The molecule has 0 spiro atoms. The lowest BCUT2D eigenvalue weighted by atomic mass is 10.1. The van der Waals surface area contributed by atoms with Gasteiger partial charge < -0.3 is 9.84 Å². The number of benzene rings is 2. The third kappa shape index (κ3) is 4.07. The summed E-state index contributed by atoms with van der Waals surface area (Å²) in [5, 5.41) is 9.05. The number of hydrogen-bond donors (Lipinski definition) is 1. The molecule has 0 atom stereocenters. The van der Waals surface area contributed by atoms with E-state index in [-0.39, 0.29) is 6.61 Å². The number of halogens is 1. The number of ether oxygens (including phenoxy) is 1. The van der Waals surface area contributed by atoms with Crippen molar-refractivity contribution in [1.29, 1.82) is 0 Å². The van der Waals surface area contributed by atoms with Crippen LogP contribution in [0.2, 0.25) is 0 Å². The summed E-state index contributed by atoms with van der Waals surface area (Å²) in [5.74, 6) is 0.654. The van der Waals surface area contributed by atoms with E-state index in [0.717, 1.165) is 6.42 Å². The predicted octanol–water partition coefficient (Wildman–Crippen LogP) is 4.45. The van der Waals surface area contributed by atoms with Gasteiger partial charge in [-0.25, -0.2) is 4.39 Å². The second-order valence-electron chi connectivity index (χ2n) is 4.80. The number of rotatable bonds is 6. The first-order valence-electron chi connectivity index (χ1n) is 6.88. The van der Waals surface area contributed by atoms with E-state index in [1.165, 1.54) is 30.5 Å². The van der Waals surface area contributed by atoms with E-state index in [0.29, 0.717) is 17.1 Å². The molecule has 0 amide bonds. The quantitative estimate of drug-likeness (QED) is 0.843. The predicted molar refractivity (Wildman–Crippen MR) is 77.5 cm³/mol. The largest absolute Gasteiger partial charge is 0.457 e. The Bertz CT molecular complexity index is 549. The highest BCUT2D eigenvalue weighted by Crippen LogP contribution is 2.24. The molecule has 20 heavy (non-hydrogen) atoms. The minimum absolute atomic E-state index is 0.204. The molecule has 1 N–H and O–H groups in total. The maximum Gasteiger partial charge on any atom is 0.130 e. The van der Waals surface area contributed by atoms with E-state index in [1.54, 1.807) is 6.07 Å². The molecular weight excluding hydrogens is 255 g/mol. The van der Waals surface area contributed by atoms with Gasteiger partial charge in [-0.15, -0.1) is 0 Å². The smallest absolute Gasteiger partial charge is 0.130 e. The van der Waals surface area contributed by atoms with Crippen LogP contribution in [0.25, 0.3) is 0 Å². The number of unbranched alkanes of at least 4 members (excludes halogenated alkanes) is 1. The maximum absolute atomic E-state index is 13.3. The summed E-state index contributed by atoms with van der Waals surface area (Å²) in [4.78, 5) is 0. The van der Waals surface area contributed by atoms with Crippen LogP contribution in [0.15, 0.2) is 42.5 Å². The lowest BCUT2D eigenvalue weighted by Gasteiger charge is -2.08. The van der Waals surface area contributed by atoms with Gasteiger partial charge in [0.25, 0.3) is 0 Å². The molecule has 0 saturated heterocycles. The highest BCUT2D eigenvalue weighted by Gasteiger charge is 2.03. The Hall–Kier alpha value is -1.87. The van der Waals surface area contributed by atoms with Gasteiger partial charge in [-0.1, -0.05) is 25.5 Å². The van der Waals surface area contributed by atoms with Gasteiger partial charge in [-0.3, -0.25) is 0 Å². The normalized spacial score (nSPS) is 10.6. The van der Waals surface area contributed by atoms with Crippen molar-refractivity contribution in [3.05, 3.63) is 59.4 Å². The van der Waals surface area contributed by atoms with Crippen LogP contribution in [0.1, 0.15) is 30.9 Å². The van der Waals surface area contributed by atoms with Gasteiger partial charge in [0.15, 0.2) is 0 Å². The lowest BCUT2D eigenvalue weighted by molar-refractivity contribution is 0.280. The van der Waals surface area contributed by atoms with Crippen molar-refractivity contribution in [3.8, 4) is 11.5 Å². The topological polar surface area (TPSA) is 29.5 Å². The fourth-order valence-corrected chi connectivity index (χ4v) is 2.01. The maximum atomic E-state index is 13.3. The van der Waals surface area contributed by atoms with Crippen molar-refractivity contribution in [2.45, 2.75) is 32.8 Å². The first-order chi connectivity index (χ1) is 9.71. The Morgan fingerprint density at radius 2 is 1.75 bits per heavy atom. The summed E-state index contributed by atoms with van der Waals surface area (Å²) in [5.41, 5.74) is 1.77. The zero-order chi connectivity index (χ0) is 14.4. The fraction of sp³-hybridized carbons (Fsp3) is 0.294. The Morgan fingerprint density at radius 1 is 1.00 bits per heavy atom. The van der Waals surface area contributed by atoms with Gasteiger partial charge in [-0.05, 0) is 48.2 Å². The average Bonchev–Trinajstić information content (AvgIpc) is 2.46. The fourth-order valence-electron chi connectivity index (χ4n) is 2.01. The average molecular weight is 274 g/mol. The van der Waals surface area contributed by atoms with Crippen molar-refractivity contribution in [1.82, 2.24) is 0 Å². The molecule has 0 aromatic heterocycles. The van der Waals surface area contributed by atoms with Crippen LogP contribution in [0.5, 0.6) is 11.5 Å². The van der Waals surface area contributed by atoms with Crippen LogP contribution in [-0.4, -0.2) is 5.11 Å².